The average Bonchev–Trinajstić information content (AvgIpc) is 2.47. The number of rotatable bonds is 4. The lowest BCUT2D eigenvalue weighted by Crippen LogP contribution is -2.53. The van der Waals surface area contributed by atoms with Crippen molar-refractivity contribution < 1.29 is 9.53 Å². The molecule has 2 rings (SSSR count). The number of ether oxygens (including phenoxy) is 1. The monoisotopic (exact) mass is 282 g/mol. The summed E-state index contributed by atoms with van der Waals surface area (Å²) < 4.78 is 5.70. The lowest BCUT2D eigenvalue weighted by Gasteiger charge is -2.41. The molecule has 116 valence electrons. The van der Waals surface area contributed by atoms with Crippen LogP contribution in [-0.2, 0) is 9.53 Å². The van der Waals surface area contributed by atoms with Gasteiger partial charge in [0.25, 0.3) is 0 Å². The fourth-order valence-corrected chi connectivity index (χ4v) is 3.70. The maximum absolute atomic E-state index is 12.9. The molecule has 0 aromatic rings. The largest absolute Gasteiger partial charge is 0.375 e. The molecule has 0 radical (unpaired) electrons. The van der Waals surface area contributed by atoms with Crippen molar-refractivity contribution in [3.63, 3.8) is 0 Å². The normalized spacial score (nSPS) is 35.0. The van der Waals surface area contributed by atoms with Gasteiger partial charge < -0.3 is 15.4 Å². The van der Waals surface area contributed by atoms with Crippen LogP contribution in [0.4, 0.5) is 0 Å². The SMILES string of the molecule is CCC1COC(C)CN1C(=O)C1CCCC(CCN)C1. The van der Waals surface area contributed by atoms with E-state index in [0.717, 1.165) is 38.8 Å². The van der Waals surface area contributed by atoms with Crippen LogP contribution in [0.25, 0.3) is 0 Å². The molecule has 20 heavy (non-hydrogen) atoms. The molecule has 4 atom stereocenters. The van der Waals surface area contributed by atoms with E-state index in [-0.39, 0.29) is 18.1 Å². The maximum atomic E-state index is 12.9. The van der Waals surface area contributed by atoms with Crippen LogP contribution in [-0.4, -0.2) is 42.6 Å². The number of morpholine rings is 1. The molecule has 1 saturated carbocycles. The number of nitrogens with two attached hydrogens (primary N) is 1. The Balaban J connectivity index is 1.97. The zero-order chi connectivity index (χ0) is 14.5. The van der Waals surface area contributed by atoms with Crippen molar-refractivity contribution in [3.8, 4) is 0 Å². The summed E-state index contributed by atoms with van der Waals surface area (Å²) in [6.07, 6.45) is 6.75. The first kappa shape index (κ1) is 15.8. The third-order valence-corrected chi connectivity index (χ3v) is 4.93. The summed E-state index contributed by atoms with van der Waals surface area (Å²) in [5.41, 5.74) is 5.67. The zero-order valence-corrected chi connectivity index (χ0v) is 13.0. The van der Waals surface area contributed by atoms with Crippen LogP contribution in [0.3, 0.4) is 0 Å². The Morgan fingerprint density at radius 2 is 2.20 bits per heavy atom. The van der Waals surface area contributed by atoms with E-state index in [1.807, 2.05) is 0 Å². The highest BCUT2D eigenvalue weighted by Gasteiger charge is 2.35. The molecule has 2 N–H and O–H groups in total. The molecule has 0 bridgehead atoms. The number of nitrogens with zero attached hydrogens (tertiary/aromatic N) is 1. The van der Waals surface area contributed by atoms with Crippen molar-refractivity contribution in [2.45, 2.75) is 64.5 Å². The van der Waals surface area contributed by atoms with E-state index in [0.29, 0.717) is 18.4 Å². The Morgan fingerprint density at radius 1 is 1.40 bits per heavy atom. The van der Waals surface area contributed by atoms with Gasteiger partial charge in [-0.25, -0.2) is 0 Å². The van der Waals surface area contributed by atoms with Gasteiger partial charge in [0.1, 0.15) is 0 Å². The van der Waals surface area contributed by atoms with Crippen molar-refractivity contribution in [2.24, 2.45) is 17.6 Å². The molecule has 2 aliphatic rings. The van der Waals surface area contributed by atoms with Gasteiger partial charge in [0.05, 0.1) is 18.8 Å². The van der Waals surface area contributed by atoms with Gasteiger partial charge in [-0.2, -0.15) is 0 Å². The van der Waals surface area contributed by atoms with Crippen LogP contribution in [0, 0.1) is 11.8 Å². The summed E-state index contributed by atoms with van der Waals surface area (Å²) in [6.45, 7) is 6.40. The van der Waals surface area contributed by atoms with Gasteiger partial charge in [-0.1, -0.05) is 19.8 Å². The Morgan fingerprint density at radius 3 is 2.90 bits per heavy atom. The second-order valence-electron chi connectivity index (χ2n) is 6.50. The smallest absolute Gasteiger partial charge is 0.226 e. The average molecular weight is 282 g/mol. The topological polar surface area (TPSA) is 55.6 Å². The second-order valence-corrected chi connectivity index (χ2v) is 6.50. The molecule has 1 amide bonds. The van der Waals surface area contributed by atoms with Crippen LogP contribution in [0.5, 0.6) is 0 Å². The second kappa shape index (κ2) is 7.41. The number of amides is 1. The minimum Gasteiger partial charge on any atom is -0.375 e. The van der Waals surface area contributed by atoms with E-state index in [1.165, 1.54) is 12.8 Å². The van der Waals surface area contributed by atoms with Crippen molar-refractivity contribution in [2.75, 3.05) is 19.7 Å². The standard InChI is InChI=1S/C16H30N2O2/c1-3-15-11-20-12(2)10-18(15)16(19)14-6-4-5-13(9-14)7-8-17/h12-15H,3-11,17H2,1-2H3. The van der Waals surface area contributed by atoms with Gasteiger partial charge >= 0.3 is 0 Å². The number of hydrogen-bond acceptors (Lipinski definition) is 3. The number of hydrogen-bond donors (Lipinski definition) is 1. The van der Waals surface area contributed by atoms with Gasteiger partial charge in [-0.3, -0.25) is 4.79 Å². The highest BCUT2D eigenvalue weighted by Crippen LogP contribution is 2.33. The molecule has 0 spiro atoms. The van der Waals surface area contributed by atoms with Crippen molar-refractivity contribution in [1.29, 1.82) is 0 Å². The van der Waals surface area contributed by atoms with E-state index in [9.17, 15) is 4.79 Å². The molecule has 1 heterocycles. The lowest BCUT2D eigenvalue weighted by molar-refractivity contribution is -0.150. The first-order chi connectivity index (χ1) is 9.65. The van der Waals surface area contributed by atoms with E-state index < -0.39 is 0 Å². The van der Waals surface area contributed by atoms with Gasteiger partial charge in [-0.15, -0.1) is 0 Å². The molecular formula is C16H30N2O2. The molecule has 1 aliphatic heterocycles. The third kappa shape index (κ3) is 3.73. The fraction of sp³-hybridized carbons (Fsp3) is 0.938. The van der Waals surface area contributed by atoms with Crippen LogP contribution in [0.15, 0.2) is 0 Å². The Hall–Kier alpha value is -0.610. The molecule has 4 unspecified atom stereocenters. The first-order valence-electron chi connectivity index (χ1n) is 8.27. The van der Waals surface area contributed by atoms with Crippen molar-refractivity contribution in [3.05, 3.63) is 0 Å². The van der Waals surface area contributed by atoms with E-state index in [4.69, 9.17) is 10.5 Å². The molecule has 1 saturated heterocycles. The summed E-state index contributed by atoms with van der Waals surface area (Å²) in [5, 5.41) is 0. The van der Waals surface area contributed by atoms with E-state index >= 15 is 0 Å². The van der Waals surface area contributed by atoms with Crippen molar-refractivity contribution in [1.82, 2.24) is 4.90 Å². The first-order valence-corrected chi connectivity index (χ1v) is 8.27. The summed E-state index contributed by atoms with van der Waals surface area (Å²) in [7, 11) is 0. The van der Waals surface area contributed by atoms with Gasteiger partial charge in [-0.05, 0) is 45.1 Å². The minimum atomic E-state index is 0.171. The summed E-state index contributed by atoms with van der Waals surface area (Å²) in [5.74, 6) is 1.25. The van der Waals surface area contributed by atoms with E-state index in [2.05, 4.69) is 18.7 Å². The minimum absolute atomic E-state index is 0.171. The number of carbonyl (C=O) groups excluding carboxylic acids is 1. The van der Waals surface area contributed by atoms with Crippen LogP contribution in [0.1, 0.15) is 52.4 Å². The Bertz CT molecular complexity index is 320. The lowest BCUT2D eigenvalue weighted by atomic mass is 9.79. The third-order valence-electron chi connectivity index (χ3n) is 4.93. The van der Waals surface area contributed by atoms with Gasteiger partial charge in [0.2, 0.25) is 5.91 Å². The quantitative estimate of drug-likeness (QED) is 0.859. The van der Waals surface area contributed by atoms with E-state index in [1.54, 1.807) is 0 Å². The predicted octanol–water partition coefficient (Wildman–Crippen LogP) is 2.17. The van der Waals surface area contributed by atoms with Gasteiger partial charge in [0.15, 0.2) is 0 Å². The Kier molecular flexibility index (Phi) is 5.85. The van der Waals surface area contributed by atoms with Crippen LogP contribution >= 0.6 is 0 Å². The summed E-state index contributed by atoms with van der Waals surface area (Å²) >= 11 is 0. The highest BCUT2D eigenvalue weighted by molar-refractivity contribution is 5.79. The predicted molar refractivity (Wildman–Crippen MR) is 80.3 cm³/mol. The molecule has 0 aromatic heterocycles. The van der Waals surface area contributed by atoms with Crippen LogP contribution in [0.2, 0.25) is 0 Å². The van der Waals surface area contributed by atoms with Crippen molar-refractivity contribution >= 4 is 5.91 Å². The molecule has 2 fully saturated rings. The fourth-order valence-electron chi connectivity index (χ4n) is 3.70. The molecule has 0 aromatic carbocycles. The maximum Gasteiger partial charge on any atom is 0.226 e. The van der Waals surface area contributed by atoms with Gasteiger partial charge in [0, 0.05) is 12.5 Å². The number of carbonyl (C=O) groups is 1. The molecule has 4 heteroatoms. The molecule has 4 nitrogen and oxygen atoms in total. The summed E-state index contributed by atoms with van der Waals surface area (Å²) in [4.78, 5) is 15.0. The van der Waals surface area contributed by atoms with Crippen LogP contribution < -0.4 is 5.73 Å². The molecule has 1 aliphatic carbocycles. The zero-order valence-electron chi connectivity index (χ0n) is 13.0. The highest BCUT2D eigenvalue weighted by atomic mass is 16.5. The Labute approximate surface area is 123 Å². The summed E-state index contributed by atoms with van der Waals surface area (Å²) in [6, 6.07) is 0.272. The molecular weight excluding hydrogens is 252 g/mol.